The van der Waals surface area contributed by atoms with Crippen LogP contribution in [0.3, 0.4) is 0 Å². The molecule has 2 aliphatic heterocycles. The summed E-state index contributed by atoms with van der Waals surface area (Å²) in [4.78, 5) is 13.6. The molecule has 0 aromatic rings. The predicted octanol–water partition coefficient (Wildman–Crippen LogP) is 0.983. The van der Waals surface area contributed by atoms with Gasteiger partial charge in [0, 0.05) is 19.8 Å². The molecule has 2 fully saturated rings. The SMILES string of the molecule is CC(C)(C)OC(=O)N1C[C@@H](O)[C@H](NCC2CCOCC2)C1. The zero-order valence-electron chi connectivity index (χ0n) is 13.3. The van der Waals surface area contributed by atoms with Gasteiger partial charge in [0.2, 0.25) is 0 Å². The monoisotopic (exact) mass is 300 g/mol. The molecule has 2 N–H and O–H groups in total. The first-order valence-electron chi connectivity index (χ1n) is 7.82. The molecule has 2 saturated heterocycles. The maximum Gasteiger partial charge on any atom is 0.410 e. The first kappa shape index (κ1) is 16.5. The lowest BCUT2D eigenvalue weighted by Gasteiger charge is -2.25. The molecule has 2 atom stereocenters. The lowest BCUT2D eigenvalue weighted by Crippen LogP contribution is -2.43. The number of amides is 1. The highest BCUT2D eigenvalue weighted by atomic mass is 16.6. The Hall–Kier alpha value is -0.850. The molecule has 2 aliphatic rings. The van der Waals surface area contributed by atoms with Gasteiger partial charge in [0.05, 0.1) is 18.7 Å². The second-order valence-electron chi connectivity index (χ2n) is 7.02. The number of aliphatic hydroxyl groups is 1. The van der Waals surface area contributed by atoms with Gasteiger partial charge in [0.25, 0.3) is 0 Å². The second kappa shape index (κ2) is 6.94. The Kier molecular flexibility index (Phi) is 5.46. The van der Waals surface area contributed by atoms with E-state index in [1.54, 1.807) is 4.90 Å². The Bertz CT molecular complexity index is 350. The van der Waals surface area contributed by atoms with E-state index in [9.17, 15) is 9.90 Å². The van der Waals surface area contributed by atoms with Crippen molar-refractivity contribution in [2.45, 2.75) is 51.4 Å². The highest BCUT2D eigenvalue weighted by Crippen LogP contribution is 2.18. The summed E-state index contributed by atoms with van der Waals surface area (Å²) in [6.45, 7) is 8.88. The molecule has 0 aromatic carbocycles. The minimum Gasteiger partial charge on any atom is -0.444 e. The van der Waals surface area contributed by atoms with Crippen molar-refractivity contribution in [2.75, 3.05) is 32.8 Å². The van der Waals surface area contributed by atoms with E-state index < -0.39 is 11.7 Å². The molecule has 6 heteroatoms. The van der Waals surface area contributed by atoms with Gasteiger partial charge in [-0.2, -0.15) is 0 Å². The van der Waals surface area contributed by atoms with Gasteiger partial charge in [-0.3, -0.25) is 0 Å². The molecule has 0 aromatic heterocycles. The van der Waals surface area contributed by atoms with Crippen LogP contribution in [-0.2, 0) is 9.47 Å². The van der Waals surface area contributed by atoms with Gasteiger partial charge < -0.3 is 24.8 Å². The Labute approximate surface area is 126 Å². The summed E-state index contributed by atoms with van der Waals surface area (Å²) in [7, 11) is 0. The predicted molar refractivity (Wildman–Crippen MR) is 79.1 cm³/mol. The average molecular weight is 300 g/mol. The van der Waals surface area contributed by atoms with E-state index in [1.165, 1.54) is 0 Å². The van der Waals surface area contributed by atoms with Crippen LogP contribution in [0.2, 0.25) is 0 Å². The highest BCUT2D eigenvalue weighted by Gasteiger charge is 2.36. The zero-order valence-corrected chi connectivity index (χ0v) is 13.3. The molecule has 0 spiro atoms. The van der Waals surface area contributed by atoms with E-state index in [0.717, 1.165) is 32.6 Å². The Morgan fingerprint density at radius 3 is 2.62 bits per heavy atom. The van der Waals surface area contributed by atoms with Gasteiger partial charge in [-0.25, -0.2) is 4.79 Å². The number of carbonyl (C=O) groups excluding carboxylic acids is 1. The fourth-order valence-corrected chi connectivity index (χ4v) is 2.73. The smallest absolute Gasteiger partial charge is 0.410 e. The number of nitrogens with zero attached hydrogens (tertiary/aromatic N) is 1. The molecule has 1 amide bonds. The van der Waals surface area contributed by atoms with Crippen LogP contribution in [0, 0.1) is 5.92 Å². The van der Waals surface area contributed by atoms with Gasteiger partial charge in [0.15, 0.2) is 0 Å². The van der Waals surface area contributed by atoms with Crippen molar-refractivity contribution in [1.82, 2.24) is 10.2 Å². The number of rotatable bonds is 3. The van der Waals surface area contributed by atoms with Crippen molar-refractivity contribution < 1.29 is 19.4 Å². The van der Waals surface area contributed by atoms with E-state index >= 15 is 0 Å². The Balaban J connectivity index is 1.76. The van der Waals surface area contributed by atoms with E-state index in [2.05, 4.69) is 5.32 Å². The molecule has 0 radical (unpaired) electrons. The number of nitrogens with one attached hydrogen (secondary N) is 1. The van der Waals surface area contributed by atoms with Crippen LogP contribution in [0.5, 0.6) is 0 Å². The van der Waals surface area contributed by atoms with E-state index in [-0.39, 0.29) is 12.1 Å². The number of likely N-dealkylation sites (tertiary alicyclic amines) is 1. The third kappa shape index (κ3) is 5.13. The molecular weight excluding hydrogens is 272 g/mol. The molecule has 122 valence electrons. The van der Waals surface area contributed by atoms with Crippen molar-refractivity contribution in [1.29, 1.82) is 0 Å². The summed E-state index contributed by atoms with van der Waals surface area (Å²) < 4.78 is 10.7. The van der Waals surface area contributed by atoms with E-state index in [0.29, 0.717) is 19.0 Å². The quantitative estimate of drug-likeness (QED) is 0.813. The number of carbonyl (C=O) groups is 1. The van der Waals surface area contributed by atoms with Crippen LogP contribution in [0.25, 0.3) is 0 Å². The van der Waals surface area contributed by atoms with Crippen LogP contribution >= 0.6 is 0 Å². The minimum absolute atomic E-state index is 0.0691. The number of ether oxygens (including phenoxy) is 2. The van der Waals surface area contributed by atoms with Gasteiger partial charge in [-0.15, -0.1) is 0 Å². The fraction of sp³-hybridized carbons (Fsp3) is 0.933. The third-order valence-electron chi connectivity index (χ3n) is 3.95. The van der Waals surface area contributed by atoms with Crippen LogP contribution in [0.1, 0.15) is 33.6 Å². The molecule has 2 heterocycles. The zero-order chi connectivity index (χ0) is 15.5. The summed E-state index contributed by atoms with van der Waals surface area (Å²) in [6, 6.07) is -0.0691. The maximum atomic E-state index is 12.0. The average Bonchev–Trinajstić information content (AvgIpc) is 2.77. The molecular formula is C15H28N2O4. The van der Waals surface area contributed by atoms with Crippen LogP contribution < -0.4 is 5.32 Å². The molecule has 21 heavy (non-hydrogen) atoms. The minimum atomic E-state index is -0.530. The van der Waals surface area contributed by atoms with Crippen molar-refractivity contribution in [3.05, 3.63) is 0 Å². The topological polar surface area (TPSA) is 71.0 Å². The molecule has 0 unspecified atom stereocenters. The first-order chi connectivity index (χ1) is 9.85. The number of hydrogen-bond donors (Lipinski definition) is 2. The summed E-state index contributed by atoms with van der Waals surface area (Å²) >= 11 is 0. The summed E-state index contributed by atoms with van der Waals surface area (Å²) in [5.41, 5.74) is -0.504. The fourth-order valence-electron chi connectivity index (χ4n) is 2.73. The highest BCUT2D eigenvalue weighted by molar-refractivity contribution is 5.68. The normalized spacial score (nSPS) is 27.9. The molecule has 0 aliphatic carbocycles. The molecule has 0 bridgehead atoms. The second-order valence-corrected chi connectivity index (χ2v) is 7.02. The lowest BCUT2D eigenvalue weighted by molar-refractivity contribution is 0.0270. The summed E-state index contributed by atoms with van der Waals surface area (Å²) in [5.74, 6) is 0.599. The van der Waals surface area contributed by atoms with Crippen molar-refractivity contribution in [3.8, 4) is 0 Å². The Morgan fingerprint density at radius 2 is 2.00 bits per heavy atom. The van der Waals surface area contributed by atoms with E-state index in [1.807, 2.05) is 20.8 Å². The summed E-state index contributed by atoms with van der Waals surface area (Å²) in [6.07, 6.45) is 1.24. The van der Waals surface area contributed by atoms with Gasteiger partial charge in [-0.1, -0.05) is 0 Å². The number of β-amino-alcohol motifs (C(OH)–C–C–N with tert-alkyl or cyclic N) is 1. The van der Waals surface area contributed by atoms with Crippen LogP contribution in [0.15, 0.2) is 0 Å². The number of aliphatic hydroxyl groups excluding tert-OH is 1. The lowest BCUT2D eigenvalue weighted by atomic mass is 10.00. The standard InChI is InChI=1S/C15H28N2O4/c1-15(2,3)21-14(19)17-9-12(13(18)10-17)16-8-11-4-6-20-7-5-11/h11-13,16,18H,4-10H2,1-3H3/t12-,13-/m1/s1. The Morgan fingerprint density at radius 1 is 1.33 bits per heavy atom. The van der Waals surface area contributed by atoms with Crippen LogP contribution in [0.4, 0.5) is 4.79 Å². The summed E-state index contributed by atoms with van der Waals surface area (Å²) in [5, 5.41) is 13.5. The third-order valence-corrected chi connectivity index (χ3v) is 3.95. The van der Waals surface area contributed by atoms with Gasteiger partial charge in [-0.05, 0) is 46.1 Å². The van der Waals surface area contributed by atoms with Crippen molar-refractivity contribution in [2.24, 2.45) is 5.92 Å². The van der Waals surface area contributed by atoms with Crippen molar-refractivity contribution in [3.63, 3.8) is 0 Å². The maximum absolute atomic E-state index is 12.0. The number of hydrogen-bond acceptors (Lipinski definition) is 5. The molecule has 2 rings (SSSR count). The van der Waals surface area contributed by atoms with Crippen molar-refractivity contribution >= 4 is 6.09 Å². The molecule has 6 nitrogen and oxygen atoms in total. The van der Waals surface area contributed by atoms with E-state index in [4.69, 9.17) is 9.47 Å². The van der Waals surface area contributed by atoms with Crippen LogP contribution in [-0.4, -0.2) is 66.7 Å². The van der Waals surface area contributed by atoms with Gasteiger partial charge >= 0.3 is 6.09 Å². The largest absolute Gasteiger partial charge is 0.444 e. The van der Waals surface area contributed by atoms with Gasteiger partial charge in [0.1, 0.15) is 5.60 Å². The molecule has 0 saturated carbocycles. The first-order valence-corrected chi connectivity index (χ1v) is 7.82.